The molecule has 9 nitrogen and oxygen atoms in total. The Hall–Kier alpha value is -4.39. The van der Waals surface area contributed by atoms with Crippen LogP contribution in [-0.4, -0.2) is 45.3 Å². The zero-order chi connectivity index (χ0) is 26.9. The van der Waals surface area contributed by atoms with Crippen LogP contribution in [0.4, 0.5) is 16.3 Å². The van der Waals surface area contributed by atoms with Crippen molar-refractivity contribution in [3.63, 3.8) is 0 Å². The average molecular weight is 531 g/mol. The first-order valence-electron chi connectivity index (χ1n) is 12.0. The lowest BCUT2D eigenvalue weighted by atomic mass is 10.1. The molecule has 194 valence electrons. The van der Waals surface area contributed by atoms with Crippen molar-refractivity contribution >= 4 is 40.0 Å². The molecular formula is C28H27ClN6O3. The molecule has 1 atom stereocenters. The molecule has 0 saturated carbocycles. The minimum absolute atomic E-state index is 0.111. The lowest BCUT2D eigenvalue weighted by molar-refractivity contribution is 0.215. The fraction of sp³-hybridized carbons (Fsp3) is 0.214. The molecule has 4 N–H and O–H groups in total. The maximum Gasteiger partial charge on any atom is 0.315 e. The number of halogens is 1. The Morgan fingerprint density at radius 2 is 2.00 bits per heavy atom. The van der Waals surface area contributed by atoms with Crippen LogP contribution >= 0.6 is 11.6 Å². The normalized spacial score (nSPS) is 11.3. The quantitative estimate of drug-likeness (QED) is 0.238. The van der Waals surface area contributed by atoms with E-state index in [-0.39, 0.29) is 25.2 Å². The zero-order valence-electron chi connectivity index (χ0n) is 21.0. The van der Waals surface area contributed by atoms with Gasteiger partial charge in [-0.2, -0.15) is 0 Å². The summed E-state index contributed by atoms with van der Waals surface area (Å²) >= 11 is 6.47. The Balaban J connectivity index is 1.45. The van der Waals surface area contributed by atoms with Crippen molar-refractivity contribution in [1.82, 2.24) is 25.6 Å². The van der Waals surface area contributed by atoms with Crippen LogP contribution in [0.25, 0.3) is 10.9 Å². The number of carbonyl (C=O) groups excluding carboxylic acids is 1. The molecule has 2 aromatic heterocycles. The van der Waals surface area contributed by atoms with E-state index in [2.05, 4.69) is 42.7 Å². The number of ether oxygens (including phenoxy) is 1. The van der Waals surface area contributed by atoms with E-state index < -0.39 is 0 Å². The van der Waals surface area contributed by atoms with Gasteiger partial charge < -0.3 is 25.8 Å². The average Bonchev–Trinajstić information content (AvgIpc) is 2.92. The van der Waals surface area contributed by atoms with E-state index in [1.165, 1.54) is 6.33 Å². The van der Waals surface area contributed by atoms with Crippen LogP contribution in [0.5, 0.6) is 11.5 Å². The molecule has 2 heterocycles. The third kappa shape index (κ3) is 7.09. The van der Waals surface area contributed by atoms with Crippen LogP contribution < -0.4 is 20.7 Å². The molecule has 0 aliphatic carbocycles. The number of nitrogens with one attached hydrogen (secondary N) is 3. The number of aliphatic hydroxyl groups excluding tert-OH is 1. The molecule has 10 heteroatoms. The van der Waals surface area contributed by atoms with Gasteiger partial charge in [-0.25, -0.2) is 14.8 Å². The molecule has 4 aromatic rings. The Morgan fingerprint density at radius 3 is 2.74 bits per heavy atom. The van der Waals surface area contributed by atoms with Gasteiger partial charge >= 0.3 is 6.03 Å². The summed E-state index contributed by atoms with van der Waals surface area (Å²) in [5.41, 5.74) is 3.12. The number of carbonyl (C=O) groups is 1. The number of nitrogens with zero attached hydrogens (tertiary/aromatic N) is 3. The molecule has 0 aliphatic heterocycles. The number of benzene rings is 2. The van der Waals surface area contributed by atoms with Crippen molar-refractivity contribution in [1.29, 1.82) is 0 Å². The monoisotopic (exact) mass is 530 g/mol. The highest BCUT2D eigenvalue weighted by Gasteiger charge is 2.09. The number of anilines is 2. The second-order valence-corrected chi connectivity index (χ2v) is 8.79. The maximum absolute atomic E-state index is 11.9. The summed E-state index contributed by atoms with van der Waals surface area (Å²) in [5, 5.41) is 19.0. The second kappa shape index (κ2) is 12.7. The lowest BCUT2D eigenvalue weighted by Gasteiger charge is -2.13. The highest BCUT2D eigenvalue weighted by molar-refractivity contribution is 6.32. The topological polar surface area (TPSA) is 121 Å². The van der Waals surface area contributed by atoms with E-state index in [1.54, 1.807) is 18.3 Å². The zero-order valence-corrected chi connectivity index (χ0v) is 21.7. The Labute approximate surface area is 225 Å². The van der Waals surface area contributed by atoms with Gasteiger partial charge in [-0.05, 0) is 61.9 Å². The van der Waals surface area contributed by atoms with Crippen LogP contribution in [-0.2, 0) is 0 Å². The van der Waals surface area contributed by atoms with Crippen molar-refractivity contribution in [3.8, 4) is 23.3 Å². The number of amides is 2. The molecule has 0 aliphatic rings. The SMILES string of the molecule is CCC(CO)NC(=O)NCC#Cc1ccc2ncnc(Nc3ccc(Oc4ccc(C)nc4)c(Cl)c3)c2c1. The van der Waals surface area contributed by atoms with Crippen LogP contribution in [0.15, 0.2) is 61.1 Å². The second-order valence-electron chi connectivity index (χ2n) is 8.38. The van der Waals surface area contributed by atoms with E-state index >= 15 is 0 Å². The lowest BCUT2D eigenvalue weighted by Crippen LogP contribution is -2.43. The van der Waals surface area contributed by atoms with Gasteiger partial charge in [-0.15, -0.1) is 0 Å². The fourth-order valence-electron chi connectivity index (χ4n) is 3.46. The molecule has 0 fully saturated rings. The highest BCUT2D eigenvalue weighted by atomic mass is 35.5. The van der Waals surface area contributed by atoms with Gasteiger partial charge in [0.25, 0.3) is 0 Å². The summed E-state index contributed by atoms with van der Waals surface area (Å²) < 4.78 is 5.84. The van der Waals surface area contributed by atoms with Crippen LogP contribution in [0, 0.1) is 18.8 Å². The predicted molar refractivity (Wildman–Crippen MR) is 148 cm³/mol. The largest absolute Gasteiger partial charge is 0.454 e. The first-order chi connectivity index (χ1) is 18.4. The number of rotatable bonds is 8. The van der Waals surface area contributed by atoms with Crippen molar-refractivity contribution in [2.45, 2.75) is 26.3 Å². The maximum atomic E-state index is 11.9. The van der Waals surface area contributed by atoms with Crippen LogP contribution in [0.2, 0.25) is 5.02 Å². The summed E-state index contributed by atoms with van der Waals surface area (Å²) in [6, 6.07) is 14.0. The van der Waals surface area contributed by atoms with Gasteiger partial charge in [0.15, 0.2) is 0 Å². The van der Waals surface area contributed by atoms with E-state index in [0.29, 0.717) is 28.8 Å². The van der Waals surface area contributed by atoms with Crippen molar-refractivity contribution in [3.05, 3.63) is 77.3 Å². The molecule has 1 unspecified atom stereocenters. The molecule has 0 spiro atoms. The molecular weight excluding hydrogens is 504 g/mol. The smallest absolute Gasteiger partial charge is 0.315 e. The van der Waals surface area contributed by atoms with Crippen molar-refractivity contribution in [2.24, 2.45) is 0 Å². The number of aryl methyl sites for hydroxylation is 1. The standard InChI is InChI=1S/C28H27ClN6O3/c1-3-20(16-36)35-28(37)30-12-4-5-19-7-10-25-23(13-19)27(33-17-32-25)34-21-8-11-26(24(29)14-21)38-22-9-6-18(2)31-15-22/h6-11,13-15,17,20,36H,3,12,16H2,1-2H3,(H2,30,35,37)(H,32,33,34). The fourth-order valence-corrected chi connectivity index (χ4v) is 3.68. The van der Waals surface area contributed by atoms with Gasteiger partial charge in [0.05, 0.1) is 35.9 Å². The highest BCUT2D eigenvalue weighted by Crippen LogP contribution is 2.33. The molecule has 2 amide bonds. The first kappa shape index (κ1) is 26.7. The van der Waals surface area contributed by atoms with Gasteiger partial charge in [-0.3, -0.25) is 4.98 Å². The van der Waals surface area contributed by atoms with Crippen LogP contribution in [0.1, 0.15) is 24.6 Å². The van der Waals surface area contributed by atoms with Gasteiger partial charge in [0, 0.05) is 22.3 Å². The first-order valence-corrected chi connectivity index (χ1v) is 12.4. The van der Waals surface area contributed by atoms with Crippen LogP contribution in [0.3, 0.4) is 0 Å². The van der Waals surface area contributed by atoms with Crippen molar-refractivity contribution in [2.75, 3.05) is 18.5 Å². The molecule has 4 rings (SSSR count). The number of aromatic nitrogens is 3. The molecule has 38 heavy (non-hydrogen) atoms. The Morgan fingerprint density at radius 1 is 1.13 bits per heavy atom. The van der Waals surface area contributed by atoms with E-state index in [1.807, 2.05) is 50.2 Å². The number of fused-ring (bicyclic) bond motifs is 1. The predicted octanol–water partition coefficient (Wildman–Crippen LogP) is 4.94. The van der Waals surface area contributed by atoms with Crippen molar-refractivity contribution < 1.29 is 14.6 Å². The Bertz CT molecular complexity index is 1480. The van der Waals surface area contributed by atoms with E-state index in [4.69, 9.17) is 16.3 Å². The van der Waals surface area contributed by atoms with Gasteiger partial charge in [0.1, 0.15) is 23.6 Å². The minimum Gasteiger partial charge on any atom is -0.454 e. The summed E-state index contributed by atoms with van der Waals surface area (Å²) in [7, 11) is 0. The summed E-state index contributed by atoms with van der Waals surface area (Å²) in [6.07, 6.45) is 3.77. The number of aliphatic hydroxyl groups is 1. The van der Waals surface area contributed by atoms with E-state index in [9.17, 15) is 9.90 Å². The molecule has 0 saturated heterocycles. The summed E-state index contributed by atoms with van der Waals surface area (Å²) in [4.78, 5) is 24.8. The number of hydrogen-bond acceptors (Lipinski definition) is 7. The number of hydrogen-bond donors (Lipinski definition) is 4. The number of urea groups is 1. The van der Waals surface area contributed by atoms with Gasteiger partial charge in [-0.1, -0.05) is 30.4 Å². The third-order valence-corrected chi connectivity index (χ3v) is 5.86. The molecule has 0 radical (unpaired) electrons. The summed E-state index contributed by atoms with van der Waals surface area (Å²) in [6.45, 7) is 3.84. The summed E-state index contributed by atoms with van der Waals surface area (Å²) in [5.74, 6) is 7.67. The van der Waals surface area contributed by atoms with E-state index in [0.717, 1.165) is 27.8 Å². The Kier molecular flexibility index (Phi) is 8.93. The van der Waals surface area contributed by atoms with Gasteiger partial charge in [0.2, 0.25) is 0 Å². The molecule has 0 bridgehead atoms. The number of pyridine rings is 1. The molecule has 2 aromatic carbocycles. The third-order valence-electron chi connectivity index (χ3n) is 5.56. The minimum atomic E-state index is -0.371.